The first-order valence-corrected chi connectivity index (χ1v) is 11.9. The summed E-state index contributed by atoms with van der Waals surface area (Å²) in [4.78, 5) is 78.5. The van der Waals surface area contributed by atoms with Crippen molar-refractivity contribution < 1.29 is 80.9 Å². The van der Waals surface area contributed by atoms with E-state index in [1.807, 2.05) is 0 Å². The fraction of sp³-hybridized carbons (Fsp3) is 0.696. The molecule has 10 atom stereocenters. The molecule has 1 aliphatic heterocycles. The summed E-state index contributed by atoms with van der Waals surface area (Å²) < 4.78 is 53.0. The molecule has 2 aliphatic rings. The van der Waals surface area contributed by atoms with Gasteiger partial charge in [0.05, 0.1) is 18.8 Å². The fourth-order valence-corrected chi connectivity index (χ4v) is 4.71. The summed E-state index contributed by atoms with van der Waals surface area (Å²) in [5.41, 5.74) is 0. The molecule has 0 aromatic rings. The summed E-state index contributed by atoms with van der Waals surface area (Å²) in [5.74, 6) is -0.851. The third-order valence-corrected chi connectivity index (χ3v) is 6.11. The third-order valence-electron chi connectivity index (χ3n) is 6.11. The lowest BCUT2D eigenvalue weighted by molar-refractivity contribution is -0.326. The Morgan fingerprint density at radius 3 is 1.68 bits per heavy atom. The van der Waals surface area contributed by atoms with Crippen LogP contribution in [0.4, 0.5) is 0 Å². The second-order valence-corrected chi connectivity index (χ2v) is 8.71. The summed E-state index contributed by atoms with van der Waals surface area (Å²) in [6.07, 6.45) is -12.6. The predicted molar refractivity (Wildman–Crippen MR) is 120 cm³/mol. The van der Waals surface area contributed by atoms with Crippen molar-refractivity contribution in [2.75, 3.05) is 13.2 Å². The maximum Gasteiger partial charge on any atom is 0.293 e. The van der Waals surface area contributed by atoms with Crippen LogP contribution in [0.15, 0.2) is 0 Å². The van der Waals surface area contributed by atoms with Gasteiger partial charge in [-0.25, -0.2) is 0 Å². The Morgan fingerprint density at radius 2 is 1.12 bits per heavy atom. The van der Waals surface area contributed by atoms with E-state index in [0.29, 0.717) is 0 Å². The molecule has 0 amide bonds. The average Bonchev–Trinajstić information content (AvgIpc) is 2.92. The second kappa shape index (κ2) is 17.0. The molecule has 1 unspecified atom stereocenters. The lowest BCUT2D eigenvalue weighted by Gasteiger charge is -2.48. The first-order valence-electron chi connectivity index (χ1n) is 11.9. The van der Waals surface area contributed by atoms with Crippen LogP contribution in [-0.4, -0.2) is 120 Å². The first-order chi connectivity index (χ1) is 19.4. The van der Waals surface area contributed by atoms with E-state index in [0.717, 1.165) is 0 Å². The van der Waals surface area contributed by atoms with E-state index in [1.165, 1.54) is 0 Å². The number of hydrogen-bond donors (Lipinski definition) is 0. The van der Waals surface area contributed by atoms with Crippen molar-refractivity contribution in [3.05, 3.63) is 0 Å². The lowest BCUT2D eigenvalue weighted by atomic mass is 9.80. The molecule has 2 rings (SSSR count). The van der Waals surface area contributed by atoms with Crippen LogP contribution in [0.25, 0.3) is 0 Å². The maximum absolute atomic E-state index is 11.5. The molecule has 0 spiro atoms. The summed E-state index contributed by atoms with van der Waals surface area (Å²) >= 11 is 0. The topological polar surface area (TPSA) is 212 Å². The van der Waals surface area contributed by atoms with E-state index < -0.39 is 73.8 Å². The normalized spacial score (nSPS) is 33.4. The van der Waals surface area contributed by atoms with E-state index in [4.69, 9.17) is 47.4 Å². The highest BCUT2D eigenvalue weighted by atomic mass is 16.7. The van der Waals surface area contributed by atoms with Crippen molar-refractivity contribution in [2.24, 2.45) is 5.92 Å². The SMILES string of the molecule is CC(C)OC1O[C@H](COC=O)[C@@H](O[C@H]2C[C@H](COC=O)[C@@H](OC=O)[C@H](OC=O)[C@H]2OC=O)[C@H](OC=O)[C@H]1OC=O. The van der Waals surface area contributed by atoms with Gasteiger partial charge >= 0.3 is 0 Å². The molecule has 1 saturated carbocycles. The third kappa shape index (κ3) is 8.33. The second-order valence-electron chi connectivity index (χ2n) is 8.71. The zero-order valence-electron chi connectivity index (χ0n) is 21.5. The molecule has 224 valence electrons. The van der Waals surface area contributed by atoms with Gasteiger partial charge in [0.15, 0.2) is 30.7 Å². The number of rotatable bonds is 20. The summed E-state index contributed by atoms with van der Waals surface area (Å²) in [6, 6.07) is 0. The van der Waals surface area contributed by atoms with E-state index in [-0.39, 0.29) is 58.3 Å². The highest BCUT2D eigenvalue weighted by Gasteiger charge is 2.55. The van der Waals surface area contributed by atoms with E-state index in [9.17, 15) is 33.6 Å². The van der Waals surface area contributed by atoms with Crippen LogP contribution in [0.2, 0.25) is 0 Å². The highest BCUT2D eigenvalue weighted by Crippen LogP contribution is 2.37. The Labute approximate surface area is 227 Å². The van der Waals surface area contributed by atoms with E-state index >= 15 is 0 Å². The smallest absolute Gasteiger partial charge is 0.293 e. The molecule has 0 bridgehead atoms. The molecule has 17 heteroatoms. The van der Waals surface area contributed by atoms with Gasteiger partial charge in [-0.15, -0.1) is 0 Å². The van der Waals surface area contributed by atoms with Crippen molar-refractivity contribution in [2.45, 2.75) is 81.5 Å². The van der Waals surface area contributed by atoms with Gasteiger partial charge in [-0.05, 0) is 20.3 Å². The fourth-order valence-electron chi connectivity index (χ4n) is 4.71. The molecule has 1 aliphatic carbocycles. The Hall–Kier alpha value is -3.83. The van der Waals surface area contributed by atoms with Crippen LogP contribution >= 0.6 is 0 Å². The van der Waals surface area contributed by atoms with Gasteiger partial charge in [0.1, 0.15) is 24.9 Å². The number of hydrogen-bond acceptors (Lipinski definition) is 17. The maximum atomic E-state index is 11.5. The number of ether oxygens (including phenoxy) is 10. The molecular weight excluding hydrogens is 548 g/mol. The van der Waals surface area contributed by atoms with Gasteiger partial charge < -0.3 is 47.4 Å². The molecule has 0 aromatic carbocycles. The van der Waals surface area contributed by atoms with Gasteiger partial charge in [-0.1, -0.05) is 0 Å². The molecule has 1 saturated heterocycles. The van der Waals surface area contributed by atoms with Crippen molar-refractivity contribution in [1.29, 1.82) is 0 Å². The van der Waals surface area contributed by atoms with Gasteiger partial charge in [0.25, 0.3) is 45.3 Å². The Bertz CT molecular complexity index is 836. The summed E-state index contributed by atoms with van der Waals surface area (Å²) in [6.45, 7) is 3.08. The van der Waals surface area contributed by atoms with Crippen molar-refractivity contribution in [3.8, 4) is 0 Å². The minimum absolute atomic E-state index is 0.0254. The standard InChI is InChI=1S/C23H30O17/c1-13(2)38-23-22(37-12-30)21(36-11-29)19(16(40-23)5-32-7-25)39-15-3-14(4-31-6-24)17(33-8-26)20(35-10-28)18(15)34-9-27/h6-23H,3-5H2,1-2H3/t14-,15+,16-,17-,18+,19-,20+,21+,22-,23?/m1/s1. The minimum Gasteiger partial charge on any atom is -0.467 e. The molecule has 17 nitrogen and oxygen atoms in total. The van der Waals surface area contributed by atoms with Crippen LogP contribution in [0.5, 0.6) is 0 Å². The number of carbonyl (C=O) groups excluding carboxylic acids is 7. The highest BCUT2D eigenvalue weighted by molar-refractivity contribution is 5.42. The van der Waals surface area contributed by atoms with Crippen LogP contribution in [0.3, 0.4) is 0 Å². The molecule has 0 N–H and O–H groups in total. The zero-order valence-corrected chi connectivity index (χ0v) is 21.5. The zero-order chi connectivity index (χ0) is 29.5. The minimum atomic E-state index is -1.44. The largest absolute Gasteiger partial charge is 0.467 e. The number of carbonyl (C=O) groups is 7. The summed E-state index contributed by atoms with van der Waals surface area (Å²) in [5, 5.41) is 0. The molecule has 1 heterocycles. The van der Waals surface area contributed by atoms with E-state index in [1.54, 1.807) is 13.8 Å². The van der Waals surface area contributed by atoms with Gasteiger partial charge in [0.2, 0.25) is 0 Å². The average molecular weight is 578 g/mol. The van der Waals surface area contributed by atoms with Gasteiger partial charge in [-0.2, -0.15) is 0 Å². The van der Waals surface area contributed by atoms with Crippen LogP contribution in [0.1, 0.15) is 20.3 Å². The monoisotopic (exact) mass is 578 g/mol. The lowest BCUT2D eigenvalue weighted by Crippen LogP contribution is -2.65. The molecule has 0 aromatic heterocycles. The van der Waals surface area contributed by atoms with Crippen LogP contribution < -0.4 is 0 Å². The van der Waals surface area contributed by atoms with Crippen molar-refractivity contribution >= 4 is 45.3 Å². The van der Waals surface area contributed by atoms with Crippen LogP contribution in [0, 0.1) is 5.92 Å². The molecule has 2 fully saturated rings. The molecule has 0 radical (unpaired) electrons. The quantitative estimate of drug-likeness (QED) is 0.112. The predicted octanol–water partition coefficient (Wildman–Crippen LogP) is -2.04. The molecular formula is C23H30O17. The van der Waals surface area contributed by atoms with Crippen molar-refractivity contribution in [3.63, 3.8) is 0 Å². The summed E-state index contributed by atoms with van der Waals surface area (Å²) in [7, 11) is 0. The van der Waals surface area contributed by atoms with Crippen LogP contribution in [-0.2, 0) is 80.9 Å². The Balaban J connectivity index is 2.53. The van der Waals surface area contributed by atoms with Gasteiger partial charge in [-0.3, -0.25) is 33.6 Å². The molecule has 40 heavy (non-hydrogen) atoms. The first kappa shape index (κ1) is 32.4. The Kier molecular flexibility index (Phi) is 13.8. The van der Waals surface area contributed by atoms with Gasteiger partial charge in [0, 0.05) is 5.92 Å². The van der Waals surface area contributed by atoms with E-state index in [2.05, 4.69) is 0 Å². The van der Waals surface area contributed by atoms with Crippen molar-refractivity contribution in [1.82, 2.24) is 0 Å². The Morgan fingerprint density at radius 1 is 0.625 bits per heavy atom.